The molecule has 0 fully saturated rings. The largest absolute Gasteiger partial charge is 2.00 e. The van der Waals surface area contributed by atoms with Crippen LogP contribution in [-0.2, 0) is 26.7 Å². The van der Waals surface area contributed by atoms with Gasteiger partial charge in [0.05, 0.1) is 0 Å². The van der Waals surface area contributed by atoms with Crippen LogP contribution >= 0.6 is 0 Å². The third-order valence-corrected chi connectivity index (χ3v) is 4.47. The Balaban J connectivity index is -0.000000411. The van der Waals surface area contributed by atoms with Gasteiger partial charge in [-0.3, -0.25) is 0 Å². The fourth-order valence-electron chi connectivity index (χ4n) is 2.81. The number of hydrogen-bond acceptors (Lipinski definition) is 4. The second kappa shape index (κ2) is 27.7. The second-order valence-electron chi connectivity index (χ2n) is 7.19. The van der Waals surface area contributed by atoms with E-state index in [0.717, 1.165) is 25.7 Å². The molecule has 0 aliphatic rings. The monoisotopic (exact) mass is 433 g/mol. The molecular formula is C22H42CuO4. The molecule has 4 nitrogen and oxygen atoms in total. The van der Waals surface area contributed by atoms with Gasteiger partial charge in [-0.15, -0.1) is 0 Å². The third kappa shape index (κ3) is 37.0. The Morgan fingerprint density at radius 1 is 0.481 bits per heavy atom. The molecule has 0 aromatic rings. The van der Waals surface area contributed by atoms with Crippen LogP contribution in [0.15, 0.2) is 0 Å². The van der Waals surface area contributed by atoms with Gasteiger partial charge in [0.15, 0.2) is 0 Å². The molecule has 1 radical (unpaired) electrons. The van der Waals surface area contributed by atoms with Crippen molar-refractivity contribution in [3.05, 3.63) is 0 Å². The number of carbonyl (C=O) groups excluding carboxylic acids is 2. The van der Waals surface area contributed by atoms with E-state index in [1.165, 1.54) is 77.0 Å². The minimum Gasteiger partial charge on any atom is -0.550 e. The predicted octanol–water partition coefficient (Wildman–Crippen LogP) is 4.53. The van der Waals surface area contributed by atoms with Crippen molar-refractivity contribution in [2.75, 3.05) is 0 Å². The number of carbonyl (C=O) groups is 2. The molecule has 0 saturated heterocycles. The van der Waals surface area contributed by atoms with Crippen molar-refractivity contribution >= 4 is 11.9 Å². The summed E-state index contributed by atoms with van der Waals surface area (Å²) in [6.07, 6.45) is 19.5. The van der Waals surface area contributed by atoms with Gasteiger partial charge < -0.3 is 19.8 Å². The Morgan fingerprint density at radius 2 is 0.704 bits per heavy atom. The van der Waals surface area contributed by atoms with Gasteiger partial charge in [0.25, 0.3) is 0 Å². The molecule has 0 aliphatic heterocycles. The molecule has 5 heteroatoms. The van der Waals surface area contributed by atoms with E-state index in [2.05, 4.69) is 13.8 Å². The van der Waals surface area contributed by atoms with Crippen LogP contribution in [0.25, 0.3) is 0 Å². The molecule has 0 bridgehead atoms. The van der Waals surface area contributed by atoms with Gasteiger partial charge in [0, 0.05) is 11.9 Å². The Hall–Kier alpha value is -0.541. The van der Waals surface area contributed by atoms with E-state index in [1.807, 2.05) is 0 Å². The molecule has 0 rings (SSSR count). The fourth-order valence-corrected chi connectivity index (χ4v) is 2.81. The van der Waals surface area contributed by atoms with Gasteiger partial charge in [-0.2, -0.15) is 0 Å². The van der Waals surface area contributed by atoms with Crippen molar-refractivity contribution in [3.8, 4) is 0 Å². The quantitative estimate of drug-likeness (QED) is 0.235. The molecule has 0 aromatic carbocycles. The predicted molar refractivity (Wildman–Crippen MR) is 104 cm³/mol. The fraction of sp³-hybridized carbons (Fsp3) is 0.909. The van der Waals surface area contributed by atoms with Crippen LogP contribution in [0.5, 0.6) is 0 Å². The summed E-state index contributed by atoms with van der Waals surface area (Å²) in [5.41, 5.74) is 0. The van der Waals surface area contributed by atoms with Crippen LogP contribution in [0.2, 0.25) is 0 Å². The van der Waals surface area contributed by atoms with E-state index in [0.29, 0.717) is 0 Å². The SMILES string of the molecule is CCCCCCCCCCC(=O)[O-].CCCCCCCCCCC(=O)[O-].[Cu+2]. The molecule has 0 aromatic heterocycles. The normalized spacial score (nSPS) is 9.85. The molecule has 0 N–H and O–H groups in total. The second-order valence-corrected chi connectivity index (χ2v) is 7.19. The van der Waals surface area contributed by atoms with Crippen LogP contribution < -0.4 is 10.2 Å². The van der Waals surface area contributed by atoms with Crippen LogP contribution in [0.1, 0.15) is 129 Å². The van der Waals surface area contributed by atoms with Crippen molar-refractivity contribution in [1.82, 2.24) is 0 Å². The van der Waals surface area contributed by atoms with Crippen LogP contribution in [-0.4, -0.2) is 11.9 Å². The van der Waals surface area contributed by atoms with Crippen molar-refractivity contribution in [3.63, 3.8) is 0 Å². The number of carboxylic acid groups (broad SMARTS) is 2. The molecule has 0 unspecified atom stereocenters. The van der Waals surface area contributed by atoms with E-state index in [9.17, 15) is 19.8 Å². The van der Waals surface area contributed by atoms with Crippen molar-refractivity contribution in [2.45, 2.75) is 129 Å². The summed E-state index contributed by atoms with van der Waals surface area (Å²) in [7, 11) is 0. The Labute approximate surface area is 178 Å². The van der Waals surface area contributed by atoms with Crippen molar-refractivity contribution in [2.24, 2.45) is 0 Å². The third-order valence-electron chi connectivity index (χ3n) is 4.47. The summed E-state index contributed by atoms with van der Waals surface area (Å²) in [6, 6.07) is 0. The first-order valence-electron chi connectivity index (χ1n) is 10.9. The van der Waals surface area contributed by atoms with Gasteiger partial charge >= 0.3 is 17.1 Å². The summed E-state index contributed by atoms with van der Waals surface area (Å²) >= 11 is 0. The van der Waals surface area contributed by atoms with Gasteiger partial charge in [0.1, 0.15) is 0 Å². The molecule has 165 valence electrons. The van der Waals surface area contributed by atoms with Gasteiger partial charge in [-0.05, 0) is 25.7 Å². The average molecular weight is 434 g/mol. The van der Waals surface area contributed by atoms with E-state index < -0.39 is 11.9 Å². The van der Waals surface area contributed by atoms with Gasteiger partial charge in [0.2, 0.25) is 0 Å². The Morgan fingerprint density at radius 3 is 0.926 bits per heavy atom. The maximum Gasteiger partial charge on any atom is 2.00 e. The van der Waals surface area contributed by atoms with Gasteiger partial charge in [-0.1, -0.05) is 104 Å². The number of rotatable bonds is 18. The summed E-state index contributed by atoms with van der Waals surface area (Å²) in [6.45, 7) is 4.42. The topological polar surface area (TPSA) is 80.3 Å². The van der Waals surface area contributed by atoms with E-state index >= 15 is 0 Å². The summed E-state index contributed by atoms with van der Waals surface area (Å²) in [5, 5.41) is 20.1. The molecule has 0 amide bonds. The Bertz CT molecular complexity index is 279. The van der Waals surface area contributed by atoms with Crippen LogP contribution in [0.3, 0.4) is 0 Å². The van der Waals surface area contributed by atoms with Crippen LogP contribution in [0, 0.1) is 0 Å². The molecular weight excluding hydrogens is 392 g/mol. The summed E-state index contributed by atoms with van der Waals surface area (Å²) < 4.78 is 0. The number of carboxylic acids is 2. The minimum atomic E-state index is -0.911. The van der Waals surface area contributed by atoms with Crippen molar-refractivity contribution in [1.29, 1.82) is 0 Å². The zero-order chi connectivity index (χ0) is 19.9. The molecule has 0 heterocycles. The maximum atomic E-state index is 10.1. The molecule has 27 heavy (non-hydrogen) atoms. The number of aliphatic carboxylic acids is 2. The first-order chi connectivity index (χ1) is 12.5. The molecule has 0 aliphatic carbocycles. The molecule has 0 atom stereocenters. The first-order valence-corrected chi connectivity index (χ1v) is 10.9. The van der Waals surface area contributed by atoms with Crippen molar-refractivity contribution < 1.29 is 36.9 Å². The van der Waals surface area contributed by atoms with E-state index in [1.54, 1.807) is 0 Å². The zero-order valence-corrected chi connectivity index (χ0v) is 18.6. The smallest absolute Gasteiger partial charge is 0.550 e. The number of unbranched alkanes of at least 4 members (excludes halogenated alkanes) is 14. The molecule has 0 saturated carbocycles. The Kier molecular flexibility index (Phi) is 31.9. The van der Waals surface area contributed by atoms with Crippen LogP contribution in [0.4, 0.5) is 0 Å². The summed E-state index contributed by atoms with van der Waals surface area (Å²) in [4.78, 5) is 20.1. The summed E-state index contributed by atoms with van der Waals surface area (Å²) in [5.74, 6) is -1.82. The maximum absolute atomic E-state index is 10.1. The number of hydrogen-bond donors (Lipinski definition) is 0. The zero-order valence-electron chi connectivity index (χ0n) is 17.7. The first kappa shape index (κ1) is 31.2. The van der Waals surface area contributed by atoms with E-state index in [-0.39, 0.29) is 29.9 Å². The van der Waals surface area contributed by atoms with E-state index in [4.69, 9.17) is 0 Å². The molecule has 0 spiro atoms. The van der Waals surface area contributed by atoms with Gasteiger partial charge in [-0.25, -0.2) is 0 Å². The minimum absolute atomic E-state index is 0. The average Bonchev–Trinajstić information content (AvgIpc) is 2.60. The standard InChI is InChI=1S/2C11H22O2.Cu/c2*1-2-3-4-5-6-7-8-9-10-11(12)13;/h2*2-10H2,1H3,(H,12,13);/q;;+2/p-2.